The highest BCUT2D eigenvalue weighted by Crippen LogP contribution is 2.35. The zero-order valence-corrected chi connectivity index (χ0v) is 21.4. The molecule has 1 aromatic carbocycles. The van der Waals surface area contributed by atoms with Gasteiger partial charge in [-0.3, -0.25) is 4.98 Å². The highest BCUT2D eigenvalue weighted by molar-refractivity contribution is 7.17. The summed E-state index contributed by atoms with van der Waals surface area (Å²) in [6, 6.07) is 6.28. The molecule has 34 heavy (non-hydrogen) atoms. The van der Waals surface area contributed by atoms with E-state index in [9.17, 15) is 13.9 Å². The van der Waals surface area contributed by atoms with E-state index >= 15 is 0 Å². The van der Waals surface area contributed by atoms with Crippen LogP contribution in [0.5, 0.6) is 0 Å². The monoisotopic (exact) mass is 526 g/mol. The first-order valence-corrected chi connectivity index (χ1v) is 12.4. The third kappa shape index (κ3) is 5.49. The molecule has 182 valence electrons. The number of aliphatic hydroxyl groups is 1. The predicted molar refractivity (Wildman–Crippen MR) is 139 cm³/mol. The van der Waals surface area contributed by atoms with Gasteiger partial charge in [0.05, 0.1) is 39.5 Å². The van der Waals surface area contributed by atoms with Crippen molar-refractivity contribution in [1.82, 2.24) is 9.88 Å². The quantitative estimate of drug-likeness (QED) is 0.480. The Morgan fingerprint density at radius 2 is 2.03 bits per heavy atom. The van der Waals surface area contributed by atoms with Crippen LogP contribution in [-0.4, -0.2) is 52.9 Å². The predicted octanol–water partition coefficient (Wildman–Crippen LogP) is 5.60. The van der Waals surface area contributed by atoms with Crippen LogP contribution in [0.2, 0.25) is 10.0 Å². The number of anilines is 2. The molecule has 3 atom stereocenters. The summed E-state index contributed by atoms with van der Waals surface area (Å²) in [6.45, 7) is 7.51. The molecule has 4 rings (SSSR count). The molecule has 2 aliphatic rings. The van der Waals surface area contributed by atoms with E-state index in [4.69, 9.17) is 23.2 Å². The van der Waals surface area contributed by atoms with E-state index in [-0.39, 0.29) is 22.3 Å². The maximum atomic E-state index is 13.6. The van der Waals surface area contributed by atoms with Crippen LogP contribution in [0.1, 0.15) is 24.6 Å². The first-order chi connectivity index (χ1) is 16.0. The van der Waals surface area contributed by atoms with Gasteiger partial charge in [0.25, 0.3) is 5.92 Å². The van der Waals surface area contributed by atoms with Gasteiger partial charge in [0.1, 0.15) is 0 Å². The van der Waals surface area contributed by atoms with Crippen LogP contribution in [0.25, 0.3) is 5.57 Å². The topological polar surface area (TPSA) is 51.6 Å². The van der Waals surface area contributed by atoms with Gasteiger partial charge in [0, 0.05) is 50.0 Å². The van der Waals surface area contributed by atoms with Gasteiger partial charge in [0.15, 0.2) is 0 Å². The lowest BCUT2D eigenvalue weighted by Gasteiger charge is -2.30. The van der Waals surface area contributed by atoms with E-state index in [1.165, 1.54) is 12.1 Å². The molecule has 5 nitrogen and oxygen atoms in total. The smallest absolute Gasteiger partial charge is 0.271 e. The number of nitrogens with zero attached hydrogens (tertiary/aromatic N) is 3. The van der Waals surface area contributed by atoms with Crippen molar-refractivity contribution in [2.75, 3.05) is 36.4 Å². The number of aromatic nitrogens is 1. The maximum absolute atomic E-state index is 13.6. The van der Waals surface area contributed by atoms with Crippen molar-refractivity contribution >= 4 is 49.4 Å². The Bertz CT molecular complexity index is 1110. The second-order valence-corrected chi connectivity index (χ2v) is 10.4. The fraction of sp³-hybridized carbons (Fsp3) is 0.375. The molecule has 0 spiro atoms. The molecule has 2 aliphatic heterocycles. The summed E-state index contributed by atoms with van der Waals surface area (Å²) in [4.78, 5) is 8.74. The van der Waals surface area contributed by atoms with Crippen molar-refractivity contribution in [3.8, 4) is 0 Å². The molecule has 1 fully saturated rings. The van der Waals surface area contributed by atoms with Gasteiger partial charge in [-0.2, -0.15) is 0 Å². The van der Waals surface area contributed by atoms with Gasteiger partial charge in [-0.1, -0.05) is 35.9 Å². The standard InChI is InChI=1S/C24H27Cl2F2N4OP/c1-14(30-16-3-4-18(19(25)9-16)24(2,27)28)31-7-5-15(6-8-31)23-20(26)10-17(11-29-23)32-12-21(33)22(34)13-32/h3-5,9-11,21-22,30,33H,1,6-8,12-13,34H2,2H3. The average Bonchev–Trinajstić information content (AvgIpc) is 3.11. The molecule has 0 radical (unpaired) electrons. The lowest BCUT2D eigenvalue weighted by Crippen LogP contribution is -2.31. The Labute approximate surface area is 210 Å². The van der Waals surface area contributed by atoms with Crippen LogP contribution in [0.3, 0.4) is 0 Å². The average molecular weight is 527 g/mol. The second kappa shape index (κ2) is 9.98. The van der Waals surface area contributed by atoms with Crippen LogP contribution in [0, 0.1) is 0 Å². The van der Waals surface area contributed by atoms with E-state index in [1.807, 2.05) is 11.0 Å². The van der Waals surface area contributed by atoms with Gasteiger partial charge < -0.3 is 20.2 Å². The summed E-state index contributed by atoms with van der Waals surface area (Å²) in [5.74, 6) is -2.35. The first kappa shape index (κ1) is 25.2. The van der Waals surface area contributed by atoms with Gasteiger partial charge in [-0.15, -0.1) is 9.24 Å². The fourth-order valence-corrected chi connectivity index (χ4v) is 5.19. The minimum Gasteiger partial charge on any atom is -0.391 e. The van der Waals surface area contributed by atoms with Crippen LogP contribution >= 0.6 is 32.4 Å². The van der Waals surface area contributed by atoms with E-state index < -0.39 is 5.92 Å². The molecule has 0 saturated carbocycles. The number of hydrogen-bond donors (Lipinski definition) is 2. The number of benzene rings is 1. The number of aliphatic hydroxyl groups excluding tert-OH is 1. The number of β-amino-alcohol motifs (C(OH)–C–C–N with tert-alkyl or cyclic N) is 1. The number of alkyl halides is 2. The van der Waals surface area contributed by atoms with E-state index in [2.05, 4.69) is 37.1 Å². The molecule has 0 bridgehead atoms. The highest BCUT2D eigenvalue weighted by atomic mass is 35.5. The number of pyridine rings is 1. The van der Waals surface area contributed by atoms with Crippen LogP contribution in [0.15, 0.2) is 48.9 Å². The molecule has 2 aromatic rings. The lowest BCUT2D eigenvalue weighted by molar-refractivity contribution is 0.0176. The summed E-state index contributed by atoms with van der Waals surface area (Å²) in [7, 11) is 2.68. The van der Waals surface area contributed by atoms with Crippen molar-refractivity contribution in [1.29, 1.82) is 0 Å². The van der Waals surface area contributed by atoms with Gasteiger partial charge >= 0.3 is 0 Å². The number of hydrogen-bond acceptors (Lipinski definition) is 5. The minimum absolute atomic E-state index is 0.00643. The molecule has 1 saturated heterocycles. The molecular weight excluding hydrogens is 500 g/mol. The van der Waals surface area contributed by atoms with Crippen molar-refractivity contribution in [2.45, 2.75) is 31.0 Å². The molecular formula is C24H27Cl2F2N4OP. The zero-order valence-electron chi connectivity index (χ0n) is 18.7. The van der Waals surface area contributed by atoms with Crippen LogP contribution in [0.4, 0.5) is 20.2 Å². The zero-order chi connectivity index (χ0) is 24.6. The summed E-state index contributed by atoms with van der Waals surface area (Å²) >= 11 is 12.6. The normalized spacial score (nSPS) is 21.0. The molecule has 1 aromatic heterocycles. The molecule has 0 aliphatic carbocycles. The molecule has 2 N–H and O–H groups in total. The van der Waals surface area contributed by atoms with Crippen molar-refractivity contribution < 1.29 is 13.9 Å². The first-order valence-electron chi connectivity index (χ1n) is 10.9. The molecule has 3 unspecified atom stereocenters. The number of halogens is 4. The third-order valence-electron chi connectivity index (χ3n) is 6.15. The van der Waals surface area contributed by atoms with Gasteiger partial charge in [-0.25, -0.2) is 8.78 Å². The SMILES string of the molecule is C=C(Nc1ccc(C(C)(F)F)c(Cl)c1)N1CC=C(c2ncc(N3CC(O)C(P)C3)cc2Cl)CC1. The largest absolute Gasteiger partial charge is 0.391 e. The van der Waals surface area contributed by atoms with Crippen LogP contribution in [-0.2, 0) is 5.92 Å². The number of nitrogens with one attached hydrogen (secondary N) is 1. The van der Waals surface area contributed by atoms with Gasteiger partial charge in [-0.05, 0) is 36.3 Å². The van der Waals surface area contributed by atoms with E-state index in [0.717, 1.165) is 36.8 Å². The Balaban J connectivity index is 1.39. The Morgan fingerprint density at radius 1 is 1.26 bits per heavy atom. The second-order valence-electron chi connectivity index (χ2n) is 8.74. The maximum Gasteiger partial charge on any atom is 0.271 e. The van der Waals surface area contributed by atoms with Crippen molar-refractivity contribution in [2.24, 2.45) is 0 Å². The Morgan fingerprint density at radius 3 is 2.59 bits per heavy atom. The minimum atomic E-state index is -3.00. The summed E-state index contributed by atoms with van der Waals surface area (Å²) in [6.07, 6.45) is 4.22. The number of rotatable bonds is 6. The Hall–Kier alpha value is -1.92. The van der Waals surface area contributed by atoms with E-state index in [1.54, 1.807) is 12.3 Å². The van der Waals surface area contributed by atoms with Gasteiger partial charge in [0.2, 0.25) is 0 Å². The molecule has 10 heteroatoms. The van der Waals surface area contributed by atoms with Crippen molar-refractivity contribution in [3.63, 3.8) is 0 Å². The highest BCUT2D eigenvalue weighted by Gasteiger charge is 2.29. The molecule has 3 heterocycles. The van der Waals surface area contributed by atoms with E-state index in [0.29, 0.717) is 36.2 Å². The Kier molecular flexibility index (Phi) is 7.39. The molecule has 0 amide bonds. The fourth-order valence-electron chi connectivity index (χ4n) is 4.18. The summed E-state index contributed by atoms with van der Waals surface area (Å²) in [5.41, 5.74) is 3.24. The van der Waals surface area contributed by atoms with Crippen LogP contribution < -0.4 is 10.2 Å². The summed E-state index contributed by atoms with van der Waals surface area (Å²) in [5, 5.41) is 13.7. The summed E-state index contributed by atoms with van der Waals surface area (Å²) < 4.78 is 27.1. The third-order valence-corrected chi connectivity index (χ3v) is 7.41. The van der Waals surface area contributed by atoms with Crippen molar-refractivity contribution in [3.05, 3.63) is 70.2 Å². The lowest BCUT2D eigenvalue weighted by atomic mass is 10.0.